The van der Waals surface area contributed by atoms with Gasteiger partial charge in [0.1, 0.15) is 47.0 Å². The highest BCUT2D eigenvalue weighted by Crippen LogP contribution is 2.46. The predicted molar refractivity (Wildman–Crippen MR) is 216 cm³/mol. The zero-order valence-corrected chi connectivity index (χ0v) is 34.2. The Kier molecular flexibility index (Phi) is 12.2. The maximum Gasteiger partial charge on any atom is 0.408 e. The van der Waals surface area contributed by atoms with Crippen molar-refractivity contribution >= 4 is 51.2 Å². The first kappa shape index (κ1) is 40.3. The van der Waals surface area contributed by atoms with Gasteiger partial charge in [-0.2, -0.15) is 0 Å². The molecule has 1 aromatic carbocycles. The minimum absolute atomic E-state index is 0.0643. The zero-order chi connectivity index (χ0) is 40.3. The number of hydrogen-bond donors (Lipinski definition) is 3. The standard InChI is InChI=1S/C42H54N6O8S/c1-24(2)43-40-45-32(23-57-40)31-20-35(29-17-18-34(53-4)25(3)36(29)44-31)55-28-19-33-37(49)47-42(39(51)54-5)21-26(42)13-9-7-6-8-10-16-30(38(50)48(33)22-28)46-41(52)56-27-14-11-12-15-27/h9,13,17-18,20,23-24,26-28,30,33H,6-8,10-12,14-16,19,21-22H2,1-5H3,(H,43,45)(H,46,52)(H,47,49)/t26?,28-,30+,33+,42-/m1/s1. The van der Waals surface area contributed by atoms with Crippen LogP contribution in [0.5, 0.6) is 11.5 Å². The zero-order valence-electron chi connectivity index (χ0n) is 33.4. The van der Waals surface area contributed by atoms with Crippen LogP contribution in [-0.4, -0.2) is 95.4 Å². The van der Waals surface area contributed by atoms with Gasteiger partial charge in [0.2, 0.25) is 11.8 Å². The number of alkyl carbamates (subject to hydrolysis) is 1. The van der Waals surface area contributed by atoms with Crippen LogP contribution in [0.2, 0.25) is 0 Å². The molecule has 2 aliphatic heterocycles. The summed E-state index contributed by atoms with van der Waals surface area (Å²) in [5.41, 5.74) is 1.55. The number of ether oxygens (including phenoxy) is 4. The maximum atomic E-state index is 14.7. The van der Waals surface area contributed by atoms with Gasteiger partial charge in [-0.05, 0) is 84.3 Å². The Morgan fingerprint density at radius 1 is 1.00 bits per heavy atom. The number of benzene rings is 1. The van der Waals surface area contributed by atoms with Gasteiger partial charge in [-0.25, -0.2) is 19.6 Å². The Labute approximate surface area is 337 Å². The summed E-state index contributed by atoms with van der Waals surface area (Å²) in [6.45, 7) is 6.10. The lowest BCUT2D eigenvalue weighted by atomic mass is 10.0. The van der Waals surface area contributed by atoms with E-state index >= 15 is 0 Å². The molecule has 3 amide bonds. The summed E-state index contributed by atoms with van der Waals surface area (Å²) in [5, 5.41) is 12.7. The Hall–Kier alpha value is -4.92. The lowest BCUT2D eigenvalue weighted by Crippen LogP contribution is -2.56. The topological polar surface area (TPSA) is 170 Å². The van der Waals surface area contributed by atoms with E-state index in [-0.39, 0.29) is 31.0 Å². The Balaban J connectivity index is 1.22. The van der Waals surface area contributed by atoms with E-state index in [9.17, 15) is 19.2 Å². The highest BCUT2D eigenvalue weighted by Gasteiger charge is 2.62. The number of thiazole rings is 1. The molecule has 2 aliphatic carbocycles. The second-order valence-corrected chi connectivity index (χ2v) is 16.8. The molecule has 7 rings (SSSR count). The van der Waals surface area contributed by atoms with Gasteiger partial charge in [-0.15, -0.1) is 11.3 Å². The van der Waals surface area contributed by atoms with Crippen LogP contribution in [0.15, 0.2) is 35.7 Å². The van der Waals surface area contributed by atoms with Crippen LogP contribution in [0.1, 0.15) is 90.0 Å². The molecule has 1 saturated heterocycles. The fraction of sp³-hybridized carbons (Fsp3) is 0.571. The molecule has 306 valence electrons. The molecule has 0 spiro atoms. The largest absolute Gasteiger partial charge is 0.496 e. The molecule has 3 aromatic rings. The molecule has 4 aliphatic rings. The number of nitrogens with one attached hydrogen (secondary N) is 3. The second kappa shape index (κ2) is 17.3. The lowest BCUT2D eigenvalue weighted by molar-refractivity contribution is -0.148. The minimum Gasteiger partial charge on any atom is -0.496 e. The predicted octanol–water partition coefficient (Wildman–Crippen LogP) is 6.45. The number of anilines is 1. The van der Waals surface area contributed by atoms with Crippen molar-refractivity contribution in [2.45, 2.75) is 127 Å². The summed E-state index contributed by atoms with van der Waals surface area (Å²) in [6, 6.07) is 3.89. The number of hydrogen-bond acceptors (Lipinski definition) is 12. The summed E-state index contributed by atoms with van der Waals surface area (Å²) >= 11 is 1.48. The number of nitrogens with zero attached hydrogens (tertiary/aromatic N) is 3. The average molecular weight is 803 g/mol. The van der Waals surface area contributed by atoms with Gasteiger partial charge in [0.05, 0.1) is 32.0 Å². The van der Waals surface area contributed by atoms with Gasteiger partial charge in [-0.1, -0.05) is 25.0 Å². The summed E-state index contributed by atoms with van der Waals surface area (Å²) < 4.78 is 23.4. The number of carbonyl (C=O) groups is 4. The molecule has 3 fully saturated rings. The average Bonchev–Trinajstić information content (AvgIpc) is 3.63. The maximum absolute atomic E-state index is 14.7. The van der Waals surface area contributed by atoms with Crippen LogP contribution < -0.4 is 25.4 Å². The van der Waals surface area contributed by atoms with Gasteiger partial charge in [0, 0.05) is 40.8 Å². The molecule has 14 nitrogen and oxygen atoms in total. The number of allylic oxidation sites excluding steroid dienone is 1. The van der Waals surface area contributed by atoms with Crippen molar-refractivity contribution < 1.29 is 38.1 Å². The first-order valence-electron chi connectivity index (χ1n) is 20.2. The molecular formula is C42H54N6O8S. The molecular weight excluding hydrogens is 749 g/mol. The van der Waals surface area contributed by atoms with Gasteiger partial charge >= 0.3 is 12.1 Å². The van der Waals surface area contributed by atoms with Gasteiger partial charge in [0.15, 0.2) is 5.13 Å². The van der Waals surface area contributed by atoms with Crippen LogP contribution in [0.4, 0.5) is 9.93 Å². The fourth-order valence-corrected chi connectivity index (χ4v) is 9.21. The van der Waals surface area contributed by atoms with Gasteiger partial charge in [0.25, 0.3) is 0 Å². The summed E-state index contributed by atoms with van der Waals surface area (Å²) in [4.78, 5) is 66.8. The number of aryl methyl sites for hydroxylation is 1. The smallest absolute Gasteiger partial charge is 0.408 e. The number of rotatable bonds is 9. The molecule has 1 unspecified atom stereocenters. The molecule has 0 radical (unpaired) electrons. The van der Waals surface area contributed by atoms with Crippen molar-refractivity contribution in [1.82, 2.24) is 25.5 Å². The molecule has 2 saturated carbocycles. The molecule has 57 heavy (non-hydrogen) atoms. The van der Waals surface area contributed by atoms with Crippen LogP contribution in [0.25, 0.3) is 22.3 Å². The highest BCUT2D eigenvalue weighted by atomic mass is 32.1. The van der Waals surface area contributed by atoms with Crippen LogP contribution in [0, 0.1) is 12.8 Å². The Morgan fingerprint density at radius 2 is 1.79 bits per heavy atom. The number of amides is 3. The van der Waals surface area contributed by atoms with Crippen molar-refractivity contribution in [2.24, 2.45) is 5.92 Å². The van der Waals surface area contributed by atoms with Crippen molar-refractivity contribution in [3.63, 3.8) is 0 Å². The van der Waals surface area contributed by atoms with Crippen molar-refractivity contribution in [3.8, 4) is 22.9 Å². The first-order chi connectivity index (χ1) is 27.5. The monoisotopic (exact) mass is 802 g/mol. The number of aromatic nitrogens is 2. The van der Waals surface area contributed by atoms with Crippen LogP contribution >= 0.6 is 11.3 Å². The normalized spacial score (nSPS) is 25.5. The second-order valence-electron chi connectivity index (χ2n) is 16.0. The van der Waals surface area contributed by atoms with E-state index in [2.05, 4.69) is 16.0 Å². The number of pyridine rings is 1. The van der Waals surface area contributed by atoms with E-state index in [1.807, 2.05) is 56.5 Å². The molecule has 2 aromatic heterocycles. The molecule has 4 heterocycles. The number of carbonyl (C=O) groups excluding carboxylic acids is 4. The fourth-order valence-electron chi connectivity index (χ4n) is 8.36. The quantitative estimate of drug-likeness (QED) is 0.161. The molecule has 3 N–H and O–H groups in total. The van der Waals surface area contributed by atoms with E-state index in [0.717, 1.165) is 61.0 Å². The third-order valence-corrected chi connectivity index (χ3v) is 12.3. The van der Waals surface area contributed by atoms with Crippen LogP contribution in [-0.2, 0) is 23.9 Å². The molecule has 5 atom stereocenters. The van der Waals surface area contributed by atoms with Gasteiger partial charge in [-0.3, -0.25) is 9.59 Å². The van der Waals surface area contributed by atoms with E-state index in [0.29, 0.717) is 47.7 Å². The molecule has 0 bridgehead atoms. The summed E-state index contributed by atoms with van der Waals surface area (Å²) in [7, 11) is 2.92. The number of esters is 1. The number of methoxy groups -OCH3 is 2. The summed E-state index contributed by atoms with van der Waals surface area (Å²) in [6.07, 6.45) is 10.3. The third-order valence-electron chi connectivity index (χ3n) is 11.5. The SMILES string of the molecule is COC(=O)[C@@]12CC1C=CCCCCC[C@H](NC(=O)OC1CCCC1)C(=O)N1C[C@H](Oc3cc(-c4csc(NC(C)C)n4)nc4c(C)c(OC)ccc34)C[C@H]1C(=O)N2. The van der Waals surface area contributed by atoms with E-state index in [1.165, 1.54) is 23.3 Å². The van der Waals surface area contributed by atoms with E-state index in [4.69, 9.17) is 28.9 Å². The lowest BCUT2D eigenvalue weighted by Gasteiger charge is -2.29. The Morgan fingerprint density at radius 3 is 2.54 bits per heavy atom. The van der Waals surface area contributed by atoms with Crippen molar-refractivity contribution in [1.29, 1.82) is 0 Å². The Bertz CT molecular complexity index is 2010. The first-order valence-corrected chi connectivity index (χ1v) is 21.1. The van der Waals surface area contributed by atoms with Gasteiger partial charge < -0.3 is 39.8 Å². The third kappa shape index (κ3) is 8.82. The molecule has 15 heteroatoms. The number of fused-ring (bicyclic) bond motifs is 3. The van der Waals surface area contributed by atoms with Crippen molar-refractivity contribution in [2.75, 3.05) is 26.1 Å². The summed E-state index contributed by atoms with van der Waals surface area (Å²) in [5.74, 6) is -0.438. The van der Waals surface area contributed by atoms with E-state index in [1.54, 1.807) is 7.11 Å². The minimum atomic E-state index is -1.22. The van der Waals surface area contributed by atoms with E-state index < -0.39 is 47.6 Å². The van der Waals surface area contributed by atoms with Crippen molar-refractivity contribution in [3.05, 3.63) is 41.3 Å². The highest BCUT2D eigenvalue weighted by molar-refractivity contribution is 7.14. The van der Waals surface area contributed by atoms with Crippen LogP contribution in [0.3, 0.4) is 0 Å².